The van der Waals surface area contributed by atoms with Gasteiger partial charge in [-0.05, 0) is 71.3 Å². The van der Waals surface area contributed by atoms with Gasteiger partial charge in [0.2, 0.25) is 0 Å². The highest BCUT2D eigenvalue weighted by molar-refractivity contribution is 5.83. The van der Waals surface area contributed by atoms with Gasteiger partial charge >= 0.3 is 0 Å². The van der Waals surface area contributed by atoms with E-state index in [2.05, 4.69) is 74.2 Å². The summed E-state index contributed by atoms with van der Waals surface area (Å²) in [4.78, 5) is 0. The smallest absolute Gasteiger partial charge is 0.119 e. The first-order valence-corrected chi connectivity index (χ1v) is 10.6. The summed E-state index contributed by atoms with van der Waals surface area (Å²) >= 11 is 0. The van der Waals surface area contributed by atoms with Crippen LogP contribution in [0.1, 0.15) is 35.6 Å². The van der Waals surface area contributed by atoms with E-state index in [0.29, 0.717) is 6.61 Å². The summed E-state index contributed by atoms with van der Waals surface area (Å²) < 4.78 is 5.98. The number of hydrogen-bond acceptors (Lipinski definition) is 1. The summed E-state index contributed by atoms with van der Waals surface area (Å²) in [5.41, 5.74) is 6.54. The van der Waals surface area contributed by atoms with Crippen molar-refractivity contribution in [3.63, 3.8) is 0 Å². The van der Waals surface area contributed by atoms with E-state index in [1.165, 1.54) is 38.6 Å². The average molecular weight is 393 g/mol. The average Bonchev–Trinajstić information content (AvgIpc) is 2.77. The first-order chi connectivity index (χ1) is 14.7. The molecule has 0 fully saturated rings. The van der Waals surface area contributed by atoms with Crippen LogP contribution in [0.2, 0.25) is 0 Å². The minimum atomic E-state index is 0.579. The van der Waals surface area contributed by atoms with Gasteiger partial charge in [-0.3, -0.25) is 0 Å². The number of aryl methyl sites for hydroxylation is 1. The molecule has 0 amide bonds. The zero-order valence-corrected chi connectivity index (χ0v) is 17.6. The van der Waals surface area contributed by atoms with Crippen LogP contribution in [0, 0.1) is 0 Å². The molecule has 0 spiro atoms. The van der Waals surface area contributed by atoms with Gasteiger partial charge in [-0.2, -0.15) is 0 Å². The molecule has 0 bridgehead atoms. The van der Waals surface area contributed by atoms with E-state index in [1.54, 1.807) is 0 Å². The molecule has 0 saturated carbocycles. The summed E-state index contributed by atoms with van der Waals surface area (Å²) in [5, 5.41) is 2.58. The van der Waals surface area contributed by atoms with Crippen molar-refractivity contribution >= 4 is 10.8 Å². The summed E-state index contributed by atoms with van der Waals surface area (Å²) in [6.07, 6.45) is 2.97. The number of ether oxygens (including phenoxy) is 1. The van der Waals surface area contributed by atoms with Crippen molar-refractivity contribution in [2.75, 3.05) is 0 Å². The quantitative estimate of drug-likeness (QED) is 0.282. The summed E-state index contributed by atoms with van der Waals surface area (Å²) in [7, 11) is 0. The Kier molecular flexibility index (Phi) is 6.29. The van der Waals surface area contributed by atoms with E-state index in [0.717, 1.165) is 25.0 Å². The fourth-order valence-corrected chi connectivity index (χ4v) is 3.78. The highest BCUT2D eigenvalue weighted by atomic mass is 16.5. The Morgan fingerprint density at radius 1 is 0.733 bits per heavy atom. The lowest BCUT2D eigenvalue weighted by molar-refractivity contribution is 0.306. The van der Waals surface area contributed by atoms with E-state index < -0.39 is 0 Å². The fraction of sp³-hybridized carbons (Fsp3) is 0.172. The molecule has 0 radical (unpaired) electrons. The van der Waals surface area contributed by atoms with Crippen LogP contribution in [0.4, 0.5) is 0 Å². The second-order valence-electron chi connectivity index (χ2n) is 8.02. The highest BCUT2D eigenvalue weighted by Gasteiger charge is 2.08. The van der Waals surface area contributed by atoms with Crippen molar-refractivity contribution < 1.29 is 4.74 Å². The van der Waals surface area contributed by atoms with Crippen LogP contribution in [0.3, 0.4) is 0 Å². The number of rotatable bonds is 8. The van der Waals surface area contributed by atoms with Crippen LogP contribution in [0.5, 0.6) is 5.75 Å². The van der Waals surface area contributed by atoms with Crippen LogP contribution in [0.25, 0.3) is 10.8 Å². The maximum Gasteiger partial charge on any atom is 0.119 e. The lowest BCUT2D eigenvalue weighted by Gasteiger charge is -2.14. The molecule has 0 saturated heterocycles. The van der Waals surface area contributed by atoms with Crippen LogP contribution in [0.15, 0.2) is 103 Å². The van der Waals surface area contributed by atoms with Gasteiger partial charge in [0, 0.05) is 0 Å². The van der Waals surface area contributed by atoms with E-state index >= 15 is 0 Å². The van der Waals surface area contributed by atoms with Gasteiger partial charge in [-0.1, -0.05) is 84.4 Å². The van der Waals surface area contributed by atoms with Crippen molar-refractivity contribution in [3.8, 4) is 5.75 Å². The van der Waals surface area contributed by atoms with Gasteiger partial charge < -0.3 is 4.74 Å². The number of allylic oxidation sites excluding steroid dienone is 1. The van der Waals surface area contributed by atoms with Crippen LogP contribution < -0.4 is 4.74 Å². The molecule has 4 rings (SSSR count). The minimum Gasteiger partial charge on any atom is -0.489 e. The second-order valence-corrected chi connectivity index (χ2v) is 8.02. The number of benzene rings is 4. The Hall–Kier alpha value is -3.32. The Morgan fingerprint density at radius 2 is 1.47 bits per heavy atom. The summed E-state index contributed by atoms with van der Waals surface area (Å²) in [5.74, 6) is 0.903. The summed E-state index contributed by atoms with van der Waals surface area (Å²) in [6, 6.07) is 32.1. The molecule has 0 aliphatic carbocycles. The molecule has 4 aromatic carbocycles. The van der Waals surface area contributed by atoms with Crippen molar-refractivity contribution in [2.24, 2.45) is 0 Å². The third-order valence-corrected chi connectivity index (χ3v) is 5.45. The molecule has 0 unspecified atom stereocenters. The van der Waals surface area contributed by atoms with Crippen LogP contribution in [-0.4, -0.2) is 0 Å². The molecule has 0 aromatic heterocycles. The van der Waals surface area contributed by atoms with Crippen LogP contribution in [-0.2, 0) is 19.4 Å². The standard InChI is InChI=1S/C29H28O/c1-22(2)12-15-26-17-14-24(21-30-29-10-4-3-5-11-29)20-28(26)19-23-13-16-25-8-6-7-9-27(25)18-23/h3-11,13-14,16-18,20H,1,12,15,19,21H2,2H3. The van der Waals surface area contributed by atoms with Crippen LogP contribution >= 0.6 is 0 Å². The molecular formula is C29H28O. The third kappa shape index (κ3) is 5.18. The molecule has 4 aromatic rings. The Labute approximate surface area is 179 Å². The fourth-order valence-electron chi connectivity index (χ4n) is 3.78. The SMILES string of the molecule is C=C(C)CCc1ccc(COc2ccccc2)cc1Cc1ccc2ccccc2c1. The monoisotopic (exact) mass is 392 g/mol. The Bertz CT molecular complexity index is 1140. The number of hydrogen-bond donors (Lipinski definition) is 0. The van der Waals surface area contributed by atoms with E-state index in [1.807, 2.05) is 30.3 Å². The van der Waals surface area contributed by atoms with Gasteiger partial charge in [0.05, 0.1) is 0 Å². The molecule has 0 atom stereocenters. The molecule has 0 aliphatic rings. The molecule has 0 heterocycles. The van der Waals surface area contributed by atoms with E-state index in [4.69, 9.17) is 4.74 Å². The largest absolute Gasteiger partial charge is 0.489 e. The van der Waals surface area contributed by atoms with Gasteiger partial charge in [0.25, 0.3) is 0 Å². The van der Waals surface area contributed by atoms with E-state index in [-0.39, 0.29) is 0 Å². The minimum absolute atomic E-state index is 0.579. The topological polar surface area (TPSA) is 9.23 Å². The third-order valence-electron chi connectivity index (χ3n) is 5.45. The van der Waals surface area contributed by atoms with Gasteiger partial charge in [0.15, 0.2) is 0 Å². The van der Waals surface area contributed by atoms with Gasteiger partial charge in [-0.15, -0.1) is 6.58 Å². The normalized spacial score (nSPS) is 10.8. The number of para-hydroxylation sites is 1. The van der Waals surface area contributed by atoms with Crippen molar-refractivity contribution in [2.45, 2.75) is 32.8 Å². The first-order valence-electron chi connectivity index (χ1n) is 10.6. The predicted octanol–water partition coefficient (Wildman–Crippen LogP) is 7.52. The van der Waals surface area contributed by atoms with Crippen molar-refractivity contribution in [1.82, 2.24) is 0 Å². The highest BCUT2D eigenvalue weighted by Crippen LogP contribution is 2.23. The maximum atomic E-state index is 5.98. The Morgan fingerprint density at radius 3 is 2.27 bits per heavy atom. The van der Waals surface area contributed by atoms with Gasteiger partial charge in [0.1, 0.15) is 12.4 Å². The predicted molar refractivity (Wildman–Crippen MR) is 127 cm³/mol. The molecule has 150 valence electrons. The van der Waals surface area contributed by atoms with Gasteiger partial charge in [-0.25, -0.2) is 0 Å². The molecule has 0 aliphatic heterocycles. The number of fused-ring (bicyclic) bond motifs is 1. The maximum absolute atomic E-state index is 5.98. The lowest BCUT2D eigenvalue weighted by atomic mass is 9.93. The Balaban J connectivity index is 1.58. The molecule has 1 heteroatoms. The molecule has 0 N–H and O–H groups in total. The lowest BCUT2D eigenvalue weighted by Crippen LogP contribution is -2.01. The summed E-state index contributed by atoms with van der Waals surface area (Å²) in [6.45, 7) is 6.76. The zero-order chi connectivity index (χ0) is 20.8. The van der Waals surface area contributed by atoms with Crippen molar-refractivity contribution in [1.29, 1.82) is 0 Å². The second kappa shape index (κ2) is 9.45. The van der Waals surface area contributed by atoms with Crippen molar-refractivity contribution in [3.05, 3.63) is 125 Å². The zero-order valence-electron chi connectivity index (χ0n) is 17.6. The molecule has 1 nitrogen and oxygen atoms in total. The molecule has 30 heavy (non-hydrogen) atoms. The van der Waals surface area contributed by atoms with E-state index in [9.17, 15) is 0 Å². The molecular weight excluding hydrogens is 364 g/mol. The first kappa shape index (κ1) is 20.0.